The van der Waals surface area contributed by atoms with E-state index in [-0.39, 0.29) is 29.6 Å². The fourth-order valence-electron chi connectivity index (χ4n) is 3.30. The van der Waals surface area contributed by atoms with E-state index in [0.29, 0.717) is 32.4 Å². The van der Waals surface area contributed by atoms with Crippen LogP contribution in [0.1, 0.15) is 10.4 Å². The number of fused-ring (bicyclic) bond motifs is 2. The molecule has 31 heavy (non-hydrogen) atoms. The van der Waals surface area contributed by atoms with E-state index in [1.165, 1.54) is 23.1 Å². The zero-order valence-electron chi connectivity index (χ0n) is 16.0. The number of aromatic amines is 1. The van der Waals surface area contributed by atoms with Gasteiger partial charge in [-0.15, -0.1) is 11.3 Å². The normalized spacial score (nSPS) is 12.8. The van der Waals surface area contributed by atoms with Gasteiger partial charge in [0.05, 0.1) is 16.8 Å². The topological polar surface area (TPSA) is 101 Å². The maximum absolute atomic E-state index is 12.7. The molecule has 0 radical (unpaired) electrons. The quantitative estimate of drug-likeness (QED) is 0.272. The summed E-state index contributed by atoms with van der Waals surface area (Å²) in [5, 5.41) is 5.56. The Hall–Kier alpha value is -3.43. The van der Waals surface area contributed by atoms with Gasteiger partial charge in [0.15, 0.2) is 17.5 Å². The van der Waals surface area contributed by atoms with Crippen LogP contribution in [-0.2, 0) is 4.79 Å². The number of ketones is 1. The molecule has 0 aliphatic carbocycles. The molecule has 4 aromatic rings. The van der Waals surface area contributed by atoms with Gasteiger partial charge in [0.25, 0.3) is 11.5 Å². The Labute approximate surface area is 184 Å². The molecular formula is C22H15N3O4S2. The fraction of sp³-hybridized carbons (Fsp3) is 0.0909. The van der Waals surface area contributed by atoms with Crippen molar-refractivity contribution < 1.29 is 14.3 Å². The molecule has 1 aliphatic heterocycles. The Kier molecular flexibility index (Phi) is 5.05. The lowest BCUT2D eigenvalue weighted by Crippen LogP contribution is -2.25. The number of carbonyl (C=O) groups is 2. The van der Waals surface area contributed by atoms with E-state index in [0.717, 1.165) is 11.1 Å². The van der Waals surface area contributed by atoms with Gasteiger partial charge in [-0.1, -0.05) is 42.1 Å². The number of H-pyrrole nitrogens is 1. The molecule has 0 saturated carbocycles. The van der Waals surface area contributed by atoms with E-state index in [9.17, 15) is 14.4 Å². The van der Waals surface area contributed by atoms with Gasteiger partial charge >= 0.3 is 0 Å². The minimum absolute atomic E-state index is 0.0354. The Morgan fingerprint density at radius 3 is 2.84 bits per heavy atom. The molecule has 0 unspecified atom stereocenters. The number of benzene rings is 2. The average Bonchev–Trinajstić information content (AvgIpc) is 3.22. The van der Waals surface area contributed by atoms with Crippen LogP contribution in [0, 0.1) is 0 Å². The molecule has 154 valence electrons. The van der Waals surface area contributed by atoms with E-state index in [2.05, 4.69) is 15.3 Å². The van der Waals surface area contributed by atoms with Crippen LogP contribution >= 0.6 is 23.1 Å². The highest BCUT2D eigenvalue weighted by molar-refractivity contribution is 7.99. The third-order valence-electron chi connectivity index (χ3n) is 4.78. The van der Waals surface area contributed by atoms with Crippen LogP contribution < -0.4 is 15.6 Å². The van der Waals surface area contributed by atoms with Gasteiger partial charge in [-0.3, -0.25) is 14.4 Å². The van der Waals surface area contributed by atoms with Crippen molar-refractivity contribution in [2.75, 3.05) is 17.7 Å². The van der Waals surface area contributed by atoms with Crippen LogP contribution in [0.5, 0.6) is 5.75 Å². The lowest BCUT2D eigenvalue weighted by Gasteiger charge is -2.18. The fourth-order valence-corrected chi connectivity index (χ4v) is 5.06. The largest absolute Gasteiger partial charge is 0.482 e. The van der Waals surface area contributed by atoms with Gasteiger partial charge in [0.2, 0.25) is 0 Å². The third-order valence-corrected chi connectivity index (χ3v) is 6.53. The summed E-state index contributed by atoms with van der Waals surface area (Å²) in [6.07, 6.45) is 0. The SMILES string of the molecule is O=C1COc2ccc(C(=O)CSc3nc4scc(-c5ccccc5)c4c(=O)[nH]3)cc2N1. The summed E-state index contributed by atoms with van der Waals surface area (Å²) in [7, 11) is 0. The van der Waals surface area contributed by atoms with Crippen molar-refractivity contribution in [1.29, 1.82) is 0 Å². The number of Topliss-reactive ketones (excluding diaryl/α,β-unsaturated/α-hetero) is 1. The summed E-state index contributed by atoms with van der Waals surface area (Å²) in [5.41, 5.74) is 2.50. The minimum Gasteiger partial charge on any atom is -0.482 e. The highest BCUT2D eigenvalue weighted by Crippen LogP contribution is 2.32. The Morgan fingerprint density at radius 2 is 2.00 bits per heavy atom. The number of amides is 1. The van der Waals surface area contributed by atoms with Gasteiger partial charge in [0.1, 0.15) is 10.6 Å². The van der Waals surface area contributed by atoms with E-state index in [1.807, 2.05) is 35.7 Å². The summed E-state index contributed by atoms with van der Waals surface area (Å²) < 4.78 is 5.31. The van der Waals surface area contributed by atoms with E-state index < -0.39 is 0 Å². The van der Waals surface area contributed by atoms with Crippen molar-refractivity contribution in [2.45, 2.75) is 5.16 Å². The number of nitrogens with zero attached hydrogens (tertiary/aromatic N) is 1. The van der Waals surface area contributed by atoms with Crippen LogP contribution in [-0.4, -0.2) is 34.0 Å². The predicted octanol–water partition coefficient (Wildman–Crippen LogP) is 3.96. The average molecular weight is 450 g/mol. The highest BCUT2D eigenvalue weighted by Gasteiger charge is 2.19. The van der Waals surface area contributed by atoms with Gasteiger partial charge in [-0.25, -0.2) is 4.98 Å². The Morgan fingerprint density at radius 1 is 1.16 bits per heavy atom. The molecule has 0 fully saturated rings. The number of anilines is 1. The Balaban J connectivity index is 1.36. The van der Waals surface area contributed by atoms with Crippen LogP contribution in [0.4, 0.5) is 5.69 Å². The molecule has 2 aromatic heterocycles. The van der Waals surface area contributed by atoms with Crippen molar-refractivity contribution in [3.8, 4) is 16.9 Å². The molecule has 1 amide bonds. The number of hydrogen-bond acceptors (Lipinski definition) is 7. The summed E-state index contributed by atoms with van der Waals surface area (Å²) in [6, 6.07) is 14.6. The van der Waals surface area contributed by atoms with Gasteiger partial charge in [-0.05, 0) is 23.8 Å². The van der Waals surface area contributed by atoms with Crippen molar-refractivity contribution in [3.63, 3.8) is 0 Å². The standard InChI is InChI=1S/C22H15N3O4S2/c26-16(13-6-7-17-15(8-13)23-18(27)9-29-17)11-31-22-24-20(28)19-14(10-30-21(19)25-22)12-4-2-1-3-5-12/h1-8,10H,9,11H2,(H,23,27)(H,24,25,28). The summed E-state index contributed by atoms with van der Waals surface area (Å²) in [5.74, 6) is 0.227. The molecule has 9 heteroatoms. The second-order valence-corrected chi connectivity index (χ2v) is 8.65. The number of carbonyl (C=O) groups excluding carboxylic acids is 2. The molecular weight excluding hydrogens is 434 g/mol. The zero-order chi connectivity index (χ0) is 21.4. The lowest BCUT2D eigenvalue weighted by molar-refractivity contribution is -0.118. The lowest BCUT2D eigenvalue weighted by atomic mass is 10.1. The number of ether oxygens (including phenoxy) is 1. The molecule has 7 nitrogen and oxygen atoms in total. The predicted molar refractivity (Wildman–Crippen MR) is 121 cm³/mol. The van der Waals surface area contributed by atoms with Crippen molar-refractivity contribution in [1.82, 2.24) is 9.97 Å². The number of hydrogen-bond donors (Lipinski definition) is 2. The summed E-state index contributed by atoms with van der Waals surface area (Å²) in [4.78, 5) is 44.8. The van der Waals surface area contributed by atoms with Crippen molar-refractivity contribution >= 4 is 50.7 Å². The van der Waals surface area contributed by atoms with E-state index in [1.54, 1.807) is 18.2 Å². The molecule has 2 aromatic carbocycles. The smallest absolute Gasteiger partial charge is 0.262 e. The molecule has 1 aliphatic rings. The minimum atomic E-state index is -0.257. The first-order chi connectivity index (χ1) is 15.1. The maximum atomic E-state index is 12.7. The van der Waals surface area contributed by atoms with Crippen molar-refractivity contribution in [2.24, 2.45) is 0 Å². The number of thiophene rings is 1. The van der Waals surface area contributed by atoms with Crippen LogP contribution in [0.15, 0.2) is 63.9 Å². The number of rotatable bonds is 5. The van der Waals surface area contributed by atoms with Gasteiger partial charge < -0.3 is 15.0 Å². The first-order valence-corrected chi connectivity index (χ1v) is 11.2. The van der Waals surface area contributed by atoms with Crippen LogP contribution in [0.2, 0.25) is 0 Å². The molecule has 2 N–H and O–H groups in total. The second-order valence-electron chi connectivity index (χ2n) is 6.83. The summed E-state index contributed by atoms with van der Waals surface area (Å²) in [6.45, 7) is -0.0354. The third kappa shape index (κ3) is 3.85. The number of nitrogens with one attached hydrogen (secondary N) is 2. The highest BCUT2D eigenvalue weighted by atomic mass is 32.2. The number of thioether (sulfide) groups is 1. The van der Waals surface area contributed by atoms with E-state index in [4.69, 9.17) is 4.74 Å². The first kappa shape index (κ1) is 19.5. The zero-order valence-corrected chi connectivity index (χ0v) is 17.6. The number of aromatic nitrogens is 2. The second kappa shape index (κ2) is 8.01. The molecule has 0 spiro atoms. The first-order valence-electron chi connectivity index (χ1n) is 9.38. The molecule has 0 bridgehead atoms. The Bertz CT molecular complexity index is 1380. The molecule has 0 atom stereocenters. The van der Waals surface area contributed by atoms with Crippen LogP contribution in [0.25, 0.3) is 21.3 Å². The molecule has 5 rings (SSSR count). The van der Waals surface area contributed by atoms with Crippen molar-refractivity contribution in [3.05, 3.63) is 69.8 Å². The monoisotopic (exact) mass is 449 g/mol. The van der Waals surface area contributed by atoms with Gasteiger partial charge in [-0.2, -0.15) is 0 Å². The molecule has 3 heterocycles. The van der Waals surface area contributed by atoms with E-state index >= 15 is 0 Å². The maximum Gasteiger partial charge on any atom is 0.262 e. The molecule has 0 saturated heterocycles. The van der Waals surface area contributed by atoms with Crippen LogP contribution in [0.3, 0.4) is 0 Å². The van der Waals surface area contributed by atoms with Gasteiger partial charge in [0, 0.05) is 16.5 Å². The summed E-state index contributed by atoms with van der Waals surface area (Å²) >= 11 is 2.57.